The molecule has 0 N–H and O–H groups in total. The summed E-state index contributed by atoms with van der Waals surface area (Å²) in [4.78, 5) is 4.73. The Kier molecular flexibility index (Phi) is 11.2. The van der Waals surface area contributed by atoms with Gasteiger partial charge in [-0.25, -0.2) is 0 Å². The van der Waals surface area contributed by atoms with Crippen molar-refractivity contribution in [1.29, 1.82) is 0 Å². The lowest BCUT2D eigenvalue weighted by atomic mass is 10.0. The molecule has 0 aromatic heterocycles. The lowest BCUT2D eigenvalue weighted by Gasteiger charge is -2.30. The number of allylic oxidation sites excluding steroid dienone is 7. The maximum atomic E-state index is 2.45. The first-order chi connectivity index (χ1) is 27.3. The summed E-state index contributed by atoms with van der Waals surface area (Å²) < 4.78 is 0. The zero-order valence-electron chi connectivity index (χ0n) is 31.2. The maximum absolute atomic E-state index is 2.45. The molecule has 2 heteroatoms. The number of rotatable bonds is 11. The number of para-hydroxylation sites is 2. The number of anilines is 4. The Hall–Kier alpha value is -6.64. The molecule has 2 nitrogen and oxygen atoms in total. The maximum Gasteiger partial charge on any atom is 0.0462 e. The van der Waals surface area contributed by atoms with Crippen LogP contribution in [-0.2, 0) is 0 Å². The lowest BCUT2D eigenvalue weighted by molar-refractivity contribution is 0.900. The quantitative estimate of drug-likeness (QED) is 0.0976. The van der Waals surface area contributed by atoms with E-state index in [9.17, 15) is 0 Å². The molecular weight excluding hydrogens is 665 g/mol. The summed E-state index contributed by atoms with van der Waals surface area (Å²) in [6, 6.07) is 56.3. The highest BCUT2D eigenvalue weighted by Crippen LogP contribution is 2.35. The minimum Gasteiger partial charge on any atom is -0.315 e. The van der Waals surface area contributed by atoms with Gasteiger partial charge in [0.2, 0.25) is 0 Å². The van der Waals surface area contributed by atoms with Crippen molar-refractivity contribution in [3.63, 3.8) is 0 Å². The van der Waals surface area contributed by atoms with Crippen LogP contribution >= 0.6 is 0 Å². The molecule has 0 fully saturated rings. The molecule has 0 unspecified atom stereocenters. The number of benzene rings is 6. The van der Waals surface area contributed by atoms with Gasteiger partial charge in [-0.15, -0.1) is 0 Å². The Morgan fingerprint density at radius 1 is 0.364 bits per heavy atom. The van der Waals surface area contributed by atoms with Crippen molar-refractivity contribution in [2.45, 2.75) is 32.1 Å². The second-order valence-corrected chi connectivity index (χ2v) is 14.0. The van der Waals surface area contributed by atoms with Crippen molar-refractivity contribution in [2.24, 2.45) is 0 Å². The van der Waals surface area contributed by atoms with E-state index in [1.54, 1.807) is 0 Å². The van der Waals surface area contributed by atoms with Gasteiger partial charge in [0.15, 0.2) is 0 Å². The molecule has 0 amide bonds. The molecular formula is C53H46N2. The predicted molar refractivity (Wildman–Crippen MR) is 237 cm³/mol. The molecule has 0 bridgehead atoms. The van der Waals surface area contributed by atoms with Gasteiger partial charge in [-0.05, 0) is 120 Å². The monoisotopic (exact) mass is 710 g/mol. The van der Waals surface area contributed by atoms with E-state index in [4.69, 9.17) is 0 Å². The van der Waals surface area contributed by atoms with Gasteiger partial charge in [0.1, 0.15) is 0 Å². The van der Waals surface area contributed by atoms with Crippen LogP contribution in [0.5, 0.6) is 0 Å². The molecule has 0 saturated heterocycles. The lowest BCUT2D eigenvalue weighted by Crippen LogP contribution is -2.21. The van der Waals surface area contributed by atoms with Crippen LogP contribution in [0.15, 0.2) is 206 Å². The van der Waals surface area contributed by atoms with Crippen LogP contribution in [0.4, 0.5) is 22.7 Å². The SMILES string of the molecule is C1=CCCC(N(C2=CCCC=C2)c2ccc(/C=C/c3ccc(-c4ccc(/C=C/c5ccc(N(c6ccccc6)c6ccccc6)cc5)cc4)cc3)cc2)=CC1. The molecule has 0 saturated carbocycles. The Labute approximate surface area is 326 Å². The first kappa shape index (κ1) is 35.4. The third kappa shape index (κ3) is 8.95. The molecule has 0 aliphatic heterocycles. The van der Waals surface area contributed by atoms with E-state index in [0.29, 0.717) is 0 Å². The van der Waals surface area contributed by atoms with Gasteiger partial charge in [0, 0.05) is 34.1 Å². The standard InChI is InChI=1S/C53H46N2/c1-2-7-15-48(14-6-1)54(49-16-8-3-9-17-49)52-38-30-44(31-39-52)24-22-42-26-34-46(35-27-42)47-36-28-43(29-37-47)23-25-45-32-40-53(41-33-45)55(50-18-10-4-11-19-50)51-20-12-5-13-21-51/h1-2,4-5,8,10-14,16-41H,3,6-7,9,15H2/b24-22+,25-23+. The molecule has 0 atom stereocenters. The third-order valence-electron chi connectivity index (χ3n) is 10.2. The highest BCUT2D eigenvalue weighted by Gasteiger charge is 2.17. The van der Waals surface area contributed by atoms with Gasteiger partial charge in [0.25, 0.3) is 0 Å². The van der Waals surface area contributed by atoms with Crippen LogP contribution in [0.2, 0.25) is 0 Å². The van der Waals surface area contributed by atoms with Crippen molar-refractivity contribution in [3.8, 4) is 11.1 Å². The van der Waals surface area contributed by atoms with Gasteiger partial charge < -0.3 is 9.80 Å². The van der Waals surface area contributed by atoms with Crippen LogP contribution in [-0.4, -0.2) is 0 Å². The van der Waals surface area contributed by atoms with E-state index in [1.807, 2.05) is 0 Å². The highest BCUT2D eigenvalue weighted by molar-refractivity contribution is 5.79. The molecule has 268 valence electrons. The Morgan fingerprint density at radius 2 is 0.818 bits per heavy atom. The van der Waals surface area contributed by atoms with E-state index in [1.165, 1.54) is 44.9 Å². The molecule has 2 aliphatic carbocycles. The fourth-order valence-corrected chi connectivity index (χ4v) is 7.23. The smallest absolute Gasteiger partial charge is 0.0462 e. The Morgan fingerprint density at radius 3 is 1.29 bits per heavy atom. The van der Waals surface area contributed by atoms with E-state index < -0.39 is 0 Å². The van der Waals surface area contributed by atoms with Gasteiger partial charge in [-0.3, -0.25) is 0 Å². The first-order valence-electron chi connectivity index (χ1n) is 19.4. The van der Waals surface area contributed by atoms with Crippen molar-refractivity contribution >= 4 is 47.1 Å². The topological polar surface area (TPSA) is 6.48 Å². The number of nitrogens with zero attached hydrogens (tertiary/aromatic N) is 2. The van der Waals surface area contributed by atoms with Crippen molar-refractivity contribution in [2.75, 3.05) is 9.80 Å². The van der Waals surface area contributed by atoms with Gasteiger partial charge in [0.05, 0.1) is 0 Å². The van der Waals surface area contributed by atoms with E-state index in [2.05, 4.69) is 228 Å². The Bertz CT molecular complexity index is 2300. The summed E-state index contributed by atoms with van der Waals surface area (Å²) in [6.45, 7) is 0. The minimum atomic E-state index is 0.993. The van der Waals surface area contributed by atoms with E-state index >= 15 is 0 Å². The second kappa shape index (κ2) is 17.5. The van der Waals surface area contributed by atoms with Gasteiger partial charge in [-0.1, -0.05) is 164 Å². The average Bonchev–Trinajstić information content (AvgIpc) is 3.54. The summed E-state index contributed by atoms with van der Waals surface area (Å²) in [6.07, 6.45) is 28.0. The van der Waals surface area contributed by atoms with Crippen molar-refractivity contribution in [3.05, 3.63) is 228 Å². The number of hydrogen-bond donors (Lipinski definition) is 0. The molecule has 6 aromatic rings. The second-order valence-electron chi connectivity index (χ2n) is 14.0. The fraction of sp³-hybridized carbons (Fsp3) is 0.0943. The fourth-order valence-electron chi connectivity index (χ4n) is 7.23. The molecule has 55 heavy (non-hydrogen) atoms. The van der Waals surface area contributed by atoms with Crippen molar-refractivity contribution in [1.82, 2.24) is 0 Å². The van der Waals surface area contributed by atoms with Gasteiger partial charge >= 0.3 is 0 Å². The third-order valence-corrected chi connectivity index (χ3v) is 10.2. The largest absolute Gasteiger partial charge is 0.315 e. The molecule has 0 spiro atoms. The Balaban J connectivity index is 0.897. The van der Waals surface area contributed by atoms with E-state index in [-0.39, 0.29) is 0 Å². The van der Waals surface area contributed by atoms with Crippen LogP contribution < -0.4 is 9.80 Å². The molecule has 0 radical (unpaired) electrons. The predicted octanol–water partition coefficient (Wildman–Crippen LogP) is 14.8. The van der Waals surface area contributed by atoms with Crippen LogP contribution in [0.3, 0.4) is 0 Å². The summed E-state index contributed by atoms with van der Waals surface area (Å²) in [5.41, 5.74) is 14.4. The van der Waals surface area contributed by atoms with Gasteiger partial charge in [-0.2, -0.15) is 0 Å². The van der Waals surface area contributed by atoms with E-state index in [0.717, 1.165) is 54.7 Å². The molecule has 6 aromatic carbocycles. The highest BCUT2D eigenvalue weighted by atomic mass is 15.2. The average molecular weight is 711 g/mol. The molecule has 2 aliphatic rings. The summed E-state index contributed by atoms with van der Waals surface area (Å²) in [5.74, 6) is 0. The van der Waals surface area contributed by atoms with Crippen molar-refractivity contribution < 1.29 is 0 Å². The molecule has 0 heterocycles. The summed E-state index contributed by atoms with van der Waals surface area (Å²) in [5, 5.41) is 0. The number of hydrogen-bond acceptors (Lipinski definition) is 2. The first-order valence-corrected chi connectivity index (χ1v) is 19.4. The summed E-state index contributed by atoms with van der Waals surface area (Å²) in [7, 11) is 0. The van der Waals surface area contributed by atoms with Crippen LogP contribution in [0.1, 0.15) is 54.4 Å². The zero-order chi connectivity index (χ0) is 37.1. The normalized spacial score (nSPS) is 14.1. The molecule has 8 rings (SSSR count). The van der Waals surface area contributed by atoms with Crippen LogP contribution in [0, 0.1) is 0 Å². The van der Waals surface area contributed by atoms with Crippen LogP contribution in [0.25, 0.3) is 35.4 Å². The zero-order valence-corrected chi connectivity index (χ0v) is 31.2. The summed E-state index contributed by atoms with van der Waals surface area (Å²) >= 11 is 0. The minimum absolute atomic E-state index is 0.993.